The summed E-state index contributed by atoms with van der Waals surface area (Å²) in [5.41, 5.74) is 0.745. The molecule has 0 rings (SSSR count). The Kier molecular flexibility index (Phi) is 7.57. The Morgan fingerprint density at radius 3 is 1.95 bits per heavy atom. The van der Waals surface area contributed by atoms with Gasteiger partial charge in [0.1, 0.15) is 0 Å². The fraction of sp³-hybridized carbons (Fsp3) is 1.00. The van der Waals surface area contributed by atoms with E-state index in [1.807, 2.05) is 0 Å². The van der Waals surface area contributed by atoms with Crippen molar-refractivity contribution in [2.75, 3.05) is 0 Å². The normalized spacial score (nSPS) is 18.2. The molecule has 0 fully saturated rings. The first-order chi connectivity index (χ1) is 8.56. The second-order valence-corrected chi connectivity index (χ2v) is 17.3. The fourth-order valence-corrected chi connectivity index (χ4v) is 9.85. The summed E-state index contributed by atoms with van der Waals surface area (Å²) >= 11 is 0. The van der Waals surface area contributed by atoms with E-state index in [1.54, 1.807) is 0 Å². The average Bonchev–Trinajstić information content (AvgIpc) is 2.34. The molecule has 0 amide bonds. The van der Waals surface area contributed by atoms with E-state index in [1.165, 1.54) is 31.7 Å². The van der Waals surface area contributed by atoms with Gasteiger partial charge >= 0.3 is 0 Å². The average molecular weight is 303 g/mol. The molecule has 0 aliphatic heterocycles. The van der Waals surface area contributed by atoms with E-state index in [9.17, 15) is 0 Å². The molecule has 2 atom stereocenters. The molecule has 19 heavy (non-hydrogen) atoms. The maximum atomic E-state index is 6.89. The molecule has 3 heteroatoms. The molecule has 0 aliphatic carbocycles. The predicted octanol–water partition coefficient (Wildman–Crippen LogP) is 6.22. The summed E-state index contributed by atoms with van der Waals surface area (Å²) in [6, 6.07) is 1.40. The van der Waals surface area contributed by atoms with Gasteiger partial charge in [0.2, 0.25) is 0 Å². The van der Waals surface area contributed by atoms with Gasteiger partial charge < -0.3 is 4.43 Å². The van der Waals surface area contributed by atoms with Gasteiger partial charge in [-0.2, -0.15) is 0 Å². The van der Waals surface area contributed by atoms with E-state index in [2.05, 4.69) is 60.8 Å². The topological polar surface area (TPSA) is 9.23 Å². The van der Waals surface area contributed by atoms with Gasteiger partial charge in [0, 0.05) is 5.22 Å². The second kappa shape index (κ2) is 7.42. The van der Waals surface area contributed by atoms with Crippen molar-refractivity contribution < 1.29 is 4.43 Å². The summed E-state index contributed by atoms with van der Waals surface area (Å²) in [7, 11) is -2.91. The monoisotopic (exact) mass is 302 g/mol. The number of hydrogen-bond donors (Lipinski definition) is 0. The maximum absolute atomic E-state index is 6.89. The third kappa shape index (κ3) is 5.02. The molecular weight excluding hydrogens is 264 g/mol. The molecule has 0 heterocycles. The van der Waals surface area contributed by atoms with Gasteiger partial charge in [0.05, 0.1) is 8.07 Å². The van der Waals surface area contributed by atoms with Crippen molar-refractivity contribution in [3.8, 4) is 0 Å². The van der Waals surface area contributed by atoms with E-state index in [-0.39, 0.29) is 5.22 Å². The van der Waals surface area contributed by atoms with Crippen molar-refractivity contribution in [2.24, 2.45) is 0 Å². The molecule has 0 aromatic rings. The van der Waals surface area contributed by atoms with Crippen molar-refractivity contribution in [3.63, 3.8) is 0 Å². The van der Waals surface area contributed by atoms with Crippen molar-refractivity contribution in [1.29, 1.82) is 0 Å². The predicted molar refractivity (Wildman–Crippen MR) is 94.2 cm³/mol. The molecule has 0 bridgehead atoms. The minimum Gasteiger partial charge on any atom is -0.415 e. The summed E-state index contributed by atoms with van der Waals surface area (Å²) in [6.07, 6.45) is 5.09. The number of rotatable bonds is 9. The summed E-state index contributed by atoms with van der Waals surface area (Å²) < 4.78 is 6.89. The SMILES string of the molecule is CCCC[Si](C)(C)C(C)(CC)O[Si](C)(C)C(C)CC. The quantitative estimate of drug-likeness (QED) is 0.459. The lowest BCUT2D eigenvalue weighted by atomic mass is 10.3. The first kappa shape index (κ1) is 19.4. The van der Waals surface area contributed by atoms with E-state index in [4.69, 9.17) is 4.43 Å². The smallest absolute Gasteiger partial charge is 0.189 e. The zero-order valence-electron chi connectivity index (χ0n) is 15.0. The summed E-state index contributed by atoms with van der Waals surface area (Å²) in [6.45, 7) is 21.6. The summed E-state index contributed by atoms with van der Waals surface area (Å²) in [5.74, 6) is 0. The van der Waals surface area contributed by atoms with Crippen LogP contribution in [0, 0.1) is 0 Å². The zero-order valence-corrected chi connectivity index (χ0v) is 17.0. The van der Waals surface area contributed by atoms with Crippen LogP contribution in [0.5, 0.6) is 0 Å². The van der Waals surface area contributed by atoms with Crippen LogP contribution in [0.3, 0.4) is 0 Å². The molecule has 0 N–H and O–H groups in total. The third-order valence-electron chi connectivity index (χ3n) is 5.55. The van der Waals surface area contributed by atoms with E-state index >= 15 is 0 Å². The highest BCUT2D eigenvalue weighted by atomic mass is 28.4. The third-order valence-corrected chi connectivity index (χ3v) is 14.4. The van der Waals surface area contributed by atoms with Crippen LogP contribution in [-0.4, -0.2) is 21.6 Å². The van der Waals surface area contributed by atoms with Crippen molar-refractivity contribution >= 4 is 16.4 Å². The van der Waals surface area contributed by atoms with Gasteiger partial charge in [0.25, 0.3) is 0 Å². The van der Waals surface area contributed by atoms with Crippen LogP contribution in [0.2, 0.25) is 37.8 Å². The van der Waals surface area contributed by atoms with Crippen molar-refractivity contribution in [1.82, 2.24) is 0 Å². The number of unbranched alkanes of at least 4 members (excludes halogenated alkanes) is 1. The minimum atomic E-state index is -1.58. The van der Waals surface area contributed by atoms with E-state index in [0.717, 1.165) is 5.54 Å². The lowest BCUT2D eigenvalue weighted by molar-refractivity contribution is 0.143. The molecule has 1 nitrogen and oxygen atoms in total. The number of hydrogen-bond acceptors (Lipinski definition) is 1. The first-order valence-electron chi connectivity index (χ1n) is 8.26. The van der Waals surface area contributed by atoms with Crippen LogP contribution >= 0.6 is 0 Å². The Hall–Kier alpha value is 0.394. The van der Waals surface area contributed by atoms with Crippen LogP contribution in [0.4, 0.5) is 0 Å². The summed E-state index contributed by atoms with van der Waals surface area (Å²) in [5, 5.41) is 0.154. The van der Waals surface area contributed by atoms with Crippen LogP contribution in [0.15, 0.2) is 0 Å². The fourth-order valence-electron chi connectivity index (χ4n) is 2.74. The first-order valence-corrected chi connectivity index (χ1v) is 14.5. The van der Waals surface area contributed by atoms with E-state index < -0.39 is 16.4 Å². The summed E-state index contributed by atoms with van der Waals surface area (Å²) in [4.78, 5) is 0. The van der Waals surface area contributed by atoms with Gasteiger partial charge in [-0.05, 0) is 32.0 Å². The van der Waals surface area contributed by atoms with Gasteiger partial charge in [-0.1, -0.05) is 66.1 Å². The highest BCUT2D eigenvalue weighted by Crippen LogP contribution is 2.38. The molecule has 0 aromatic heterocycles. The lowest BCUT2D eigenvalue weighted by Crippen LogP contribution is -2.59. The van der Waals surface area contributed by atoms with Gasteiger partial charge in [-0.25, -0.2) is 0 Å². The lowest BCUT2D eigenvalue weighted by Gasteiger charge is -2.48. The maximum Gasteiger partial charge on any atom is 0.189 e. The minimum absolute atomic E-state index is 0.154. The van der Waals surface area contributed by atoms with E-state index in [0.29, 0.717) is 0 Å². The molecule has 116 valence electrons. The highest BCUT2D eigenvalue weighted by molar-refractivity contribution is 6.82. The van der Waals surface area contributed by atoms with Crippen LogP contribution < -0.4 is 0 Å². The molecule has 0 saturated carbocycles. The Bertz CT molecular complexity index is 263. The second-order valence-electron chi connectivity index (χ2n) is 7.59. The molecule has 0 radical (unpaired) electrons. The molecule has 0 aromatic carbocycles. The Morgan fingerprint density at radius 1 is 1.05 bits per heavy atom. The zero-order chi connectivity index (χ0) is 15.3. The molecule has 2 unspecified atom stereocenters. The van der Waals surface area contributed by atoms with Gasteiger partial charge in [-0.15, -0.1) is 0 Å². The van der Waals surface area contributed by atoms with Crippen LogP contribution in [-0.2, 0) is 4.43 Å². The Balaban J connectivity index is 5.05. The Labute approximate surface area is 124 Å². The highest BCUT2D eigenvalue weighted by Gasteiger charge is 2.46. The largest absolute Gasteiger partial charge is 0.415 e. The van der Waals surface area contributed by atoms with Crippen LogP contribution in [0.25, 0.3) is 0 Å². The molecule has 0 spiro atoms. The standard InChI is InChI=1S/C16H38OSi2/c1-10-13-14-18(6,7)16(5,12-3)17-19(8,9)15(4)11-2/h15H,10-14H2,1-9H3. The Morgan fingerprint density at radius 2 is 1.58 bits per heavy atom. The van der Waals surface area contributed by atoms with Gasteiger partial charge in [-0.3, -0.25) is 0 Å². The van der Waals surface area contributed by atoms with Crippen LogP contribution in [0.1, 0.15) is 60.3 Å². The molecular formula is C16H38OSi2. The van der Waals surface area contributed by atoms with Crippen molar-refractivity contribution in [3.05, 3.63) is 0 Å². The van der Waals surface area contributed by atoms with Gasteiger partial charge in [0.15, 0.2) is 8.32 Å². The molecule has 0 saturated heterocycles. The van der Waals surface area contributed by atoms with Crippen molar-refractivity contribution in [2.45, 2.75) is 103 Å². The molecule has 0 aliphatic rings.